The van der Waals surface area contributed by atoms with Crippen molar-refractivity contribution in [2.24, 2.45) is 7.05 Å². The fraction of sp³-hybridized carbons (Fsp3) is 0.538. The molecule has 2 heterocycles. The van der Waals surface area contributed by atoms with Crippen LogP contribution >= 0.6 is 0 Å². The van der Waals surface area contributed by atoms with Crippen LogP contribution in [0.5, 0.6) is 0 Å². The van der Waals surface area contributed by atoms with E-state index in [0.29, 0.717) is 6.61 Å². The molecule has 0 saturated carbocycles. The second kappa shape index (κ2) is 6.38. The van der Waals surface area contributed by atoms with Gasteiger partial charge in [0.2, 0.25) is 5.95 Å². The van der Waals surface area contributed by atoms with Crippen LogP contribution in [-0.4, -0.2) is 39.6 Å². The Hall–Kier alpha value is -1.82. The van der Waals surface area contributed by atoms with Gasteiger partial charge in [-0.15, -0.1) is 0 Å². The zero-order valence-electron chi connectivity index (χ0n) is 11.8. The van der Waals surface area contributed by atoms with E-state index in [2.05, 4.69) is 20.0 Å². The summed E-state index contributed by atoms with van der Waals surface area (Å²) in [5.74, 6) is 0.901. The van der Waals surface area contributed by atoms with Gasteiger partial charge in [-0.05, 0) is 18.9 Å². The van der Waals surface area contributed by atoms with Crippen LogP contribution in [0, 0.1) is 6.92 Å². The molecule has 0 aliphatic rings. The maximum Gasteiger partial charge on any atom is 0.203 e. The van der Waals surface area contributed by atoms with Crippen molar-refractivity contribution < 1.29 is 4.74 Å². The lowest BCUT2D eigenvalue weighted by Crippen LogP contribution is -2.12. The Morgan fingerprint density at radius 1 is 1.37 bits per heavy atom. The van der Waals surface area contributed by atoms with E-state index < -0.39 is 0 Å². The van der Waals surface area contributed by atoms with Gasteiger partial charge in [-0.2, -0.15) is 5.10 Å². The van der Waals surface area contributed by atoms with E-state index in [1.54, 1.807) is 7.11 Å². The summed E-state index contributed by atoms with van der Waals surface area (Å²) in [5.41, 5.74) is 2.24. The average molecular weight is 263 g/mol. The van der Waals surface area contributed by atoms with Crippen molar-refractivity contribution in [2.45, 2.75) is 19.9 Å². The first kappa shape index (κ1) is 13.6. The van der Waals surface area contributed by atoms with Crippen molar-refractivity contribution in [3.8, 4) is 0 Å². The van der Waals surface area contributed by atoms with Gasteiger partial charge in [-0.25, -0.2) is 4.98 Å². The highest BCUT2D eigenvalue weighted by Gasteiger charge is 2.05. The summed E-state index contributed by atoms with van der Waals surface area (Å²) in [6, 6.07) is 0. The first-order chi connectivity index (χ1) is 9.19. The van der Waals surface area contributed by atoms with Crippen LogP contribution in [0.15, 0.2) is 18.6 Å². The molecule has 1 N–H and O–H groups in total. The molecule has 0 fully saturated rings. The zero-order chi connectivity index (χ0) is 13.7. The third kappa shape index (κ3) is 3.82. The Balaban J connectivity index is 1.88. The summed E-state index contributed by atoms with van der Waals surface area (Å²) in [6.45, 7) is 4.34. The molecule has 104 valence electrons. The second-order valence-electron chi connectivity index (χ2n) is 4.59. The number of nitrogens with zero attached hydrogens (tertiary/aromatic N) is 4. The van der Waals surface area contributed by atoms with Crippen molar-refractivity contribution in [3.63, 3.8) is 0 Å². The van der Waals surface area contributed by atoms with Gasteiger partial charge in [-0.3, -0.25) is 4.68 Å². The third-order valence-electron chi connectivity index (χ3n) is 2.89. The number of anilines is 1. The molecule has 0 amide bonds. The Bertz CT molecular complexity index is 517. The molecular weight excluding hydrogens is 242 g/mol. The molecule has 0 bridgehead atoms. The normalized spacial score (nSPS) is 10.9. The highest BCUT2D eigenvalue weighted by atomic mass is 16.5. The molecule has 0 aromatic carbocycles. The van der Waals surface area contributed by atoms with Crippen molar-refractivity contribution in [1.29, 1.82) is 0 Å². The molecule has 2 aromatic rings. The number of imidazole rings is 1. The largest absolute Gasteiger partial charge is 0.383 e. The second-order valence-corrected chi connectivity index (χ2v) is 4.59. The van der Waals surface area contributed by atoms with Crippen molar-refractivity contribution >= 4 is 5.95 Å². The highest BCUT2D eigenvalue weighted by Crippen LogP contribution is 2.08. The highest BCUT2D eigenvalue weighted by molar-refractivity contribution is 5.29. The van der Waals surface area contributed by atoms with Gasteiger partial charge in [0, 0.05) is 39.6 Å². The Kier molecular flexibility index (Phi) is 4.57. The minimum Gasteiger partial charge on any atom is -0.383 e. The Labute approximate surface area is 113 Å². The summed E-state index contributed by atoms with van der Waals surface area (Å²) in [5, 5.41) is 7.52. The van der Waals surface area contributed by atoms with Crippen molar-refractivity contribution in [1.82, 2.24) is 19.3 Å². The van der Waals surface area contributed by atoms with Crippen LogP contribution in [0.25, 0.3) is 0 Å². The maximum atomic E-state index is 5.10. The monoisotopic (exact) mass is 263 g/mol. The number of rotatable bonds is 7. The predicted octanol–water partition coefficient (Wildman–Crippen LogP) is 1.23. The van der Waals surface area contributed by atoms with Crippen LogP contribution in [0.4, 0.5) is 5.95 Å². The lowest BCUT2D eigenvalue weighted by molar-refractivity contribution is 0.187. The number of ether oxygens (including phenoxy) is 1. The summed E-state index contributed by atoms with van der Waals surface area (Å²) >= 11 is 0. The third-order valence-corrected chi connectivity index (χ3v) is 2.89. The fourth-order valence-electron chi connectivity index (χ4n) is 1.97. The number of hydrogen-bond donors (Lipinski definition) is 1. The standard InChI is InChI=1S/C13H21N5O/c1-11-9-18(6-7-19-3)13(16-11)14-5-4-12-8-15-17(2)10-12/h8-10H,4-7H2,1-3H3,(H,14,16). The Morgan fingerprint density at radius 2 is 2.21 bits per heavy atom. The molecule has 0 spiro atoms. The molecule has 0 saturated heterocycles. The quantitative estimate of drug-likeness (QED) is 0.816. The molecule has 19 heavy (non-hydrogen) atoms. The molecule has 2 rings (SSSR count). The van der Waals surface area contributed by atoms with E-state index in [0.717, 1.165) is 31.2 Å². The van der Waals surface area contributed by atoms with Crippen LogP contribution in [0.1, 0.15) is 11.3 Å². The van der Waals surface area contributed by atoms with Gasteiger partial charge >= 0.3 is 0 Å². The number of methoxy groups -OCH3 is 1. The molecule has 0 radical (unpaired) electrons. The summed E-state index contributed by atoms with van der Waals surface area (Å²) < 4.78 is 9.00. The van der Waals surface area contributed by atoms with Gasteiger partial charge in [0.25, 0.3) is 0 Å². The van der Waals surface area contributed by atoms with Crippen molar-refractivity contribution in [3.05, 3.63) is 29.8 Å². The van der Waals surface area contributed by atoms with Gasteiger partial charge in [0.15, 0.2) is 0 Å². The van der Waals surface area contributed by atoms with Crippen LogP contribution in [0.2, 0.25) is 0 Å². The fourth-order valence-corrected chi connectivity index (χ4v) is 1.97. The molecule has 0 aliphatic heterocycles. The van der Waals surface area contributed by atoms with Crippen LogP contribution < -0.4 is 5.32 Å². The molecule has 6 nitrogen and oxygen atoms in total. The minimum absolute atomic E-state index is 0.688. The molecule has 0 atom stereocenters. The first-order valence-electron chi connectivity index (χ1n) is 6.43. The van der Waals surface area contributed by atoms with E-state index in [-0.39, 0.29) is 0 Å². The van der Waals surface area contributed by atoms with E-state index in [9.17, 15) is 0 Å². The molecular formula is C13H21N5O. The predicted molar refractivity (Wildman–Crippen MR) is 74.2 cm³/mol. The van der Waals surface area contributed by atoms with E-state index in [1.807, 2.05) is 37.2 Å². The number of hydrogen-bond acceptors (Lipinski definition) is 4. The molecule has 0 aliphatic carbocycles. The molecule has 0 unspecified atom stereocenters. The zero-order valence-corrected chi connectivity index (χ0v) is 11.8. The number of nitrogens with one attached hydrogen (secondary N) is 1. The van der Waals surface area contributed by atoms with Crippen LogP contribution in [-0.2, 0) is 24.8 Å². The average Bonchev–Trinajstić information content (AvgIpc) is 2.93. The van der Waals surface area contributed by atoms with Gasteiger partial charge in [0.05, 0.1) is 18.5 Å². The minimum atomic E-state index is 0.688. The van der Waals surface area contributed by atoms with Gasteiger partial charge < -0.3 is 14.6 Å². The lowest BCUT2D eigenvalue weighted by Gasteiger charge is -2.08. The van der Waals surface area contributed by atoms with Gasteiger partial charge in [0.1, 0.15) is 0 Å². The molecule has 6 heteroatoms. The summed E-state index contributed by atoms with van der Waals surface area (Å²) in [6.07, 6.45) is 6.89. The van der Waals surface area contributed by atoms with E-state index in [1.165, 1.54) is 5.56 Å². The summed E-state index contributed by atoms with van der Waals surface area (Å²) in [7, 11) is 3.64. The number of aromatic nitrogens is 4. The van der Waals surface area contributed by atoms with E-state index >= 15 is 0 Å². The van der Waals surface area contributed by atoms with Crippen molar-refractivity contribution in [2.75, 3.05) is 25.6 Å². The SMILES string of the molecule is COCCn1cc(C)nc1NCCc1cnn(C)c1. The van der Waals surface area contributed by atoms with E-state index in [4.69, 9.17) is 4.74 Å². The first-order valence-corrected chi connectivity index (χ1v) is 6.43. The maximum absolute atomic E-state index is 5.10. The Morgan fingerprint density at radius 3 is 2.89 bits per heavy atom. The smallest absolute Gasteiger partial charge is 0.203 e. The topological polar surface area (TPSA) is 56.9 Å². The summed E-state index contributed by atoms with van der Waals surface area (Å²) in [4.78, 5) is 4.48. The molecule has 2 aromatic heterocycles. The number of aryl methyl sites for hydroxylation is 2. The lowest BCUT2D eigenvalue weighted by atomic mass is 10.2. The van der Waals surface area contributed by atoms with Gasteiger partial charge in [-0.1, -0.05) is 0 Å². The van der Waals surface area contributed by atoms with Crippen LogP contribution in [0.3, 0.4) is 0 Å².